The quantitative estimate of drug-likeness (QED) is 0.797. The van der Waals surface area contributed by atoms with Gasteiger partial charge in [0.25, 0.3) is 0 Å². The minimum absolute atomic E-state index is 0.600. The number of nitriles is 1. The first kappa shape index (κ1) is 12.4. The molecule has 3 aromatic rings. The Hall–Kier alpha value is -2.65. The molecule has 1 N–H and O–H groups in total. The highest BCUT2D eigenvalue weighted by Gasteiger charge is 2.12. The molecular formula is C14H10N4OS. The number of aromatic nitrogens is 3. The monoisotopic (exact) mass is 282 g/mol. The van der Waals surface area contributed by atoms with Crippen LogP contribution in [0.25, 0.3) is 10.6 Å². The number of rotatable bonds is 3. The van der Waals surface area contributed by atoms with Gasteiger partial charge in [0.15, 0.2) is 5.75 Å². The summed E-state index contributed by atoms with van der Waals surface area (Å²) in [6, 6.07) is 9.02. The van der Waals surface area contributed by atoms with Crippen LogP contribution >= 0.6 is 11.3 Å². The van der Waals surface area contributed by atoms with Gasteiger partial charge in [-0.1, -0.05) is 0 Å². The van der Waals surface area contributed by atoms with E-state index in [0.717, 1.165) is 15.6 Å². The van der Waals surface area contributed by atoms with Gasteiger partial charge in [-0.25, -0.2) is 4.98 Å². The zero-order valence-corrected chi connectivity index (χ0v) is 11.4. The Balaban J connectivity index is 1.88. The Labute approximate surface area is 119 Å². The average molecular weight is 282 g/mol. The first-order valence-corrected chi connectivity index (χ1v) is 6.72. The first-order chi connectivity index (χ1) is 9.76. The molecule has 2 aromatic heterocycles. The number of aryl methyl sites for hydroxylation is 1. The Bertz CT molecular complexity index is 767. The van der Waals surface area contributed by atoms with Gasteiger partial charge in [0.1, 0.15) is 11.4 Å². The lowest BCUT2D eigenvalue weighted by Gasteiger charge is -2.04. The van der Waals surface area contributed by atoms with Crippen molar-refractivity contribution in [2.24, 2.45) is 0 Å². The third kappa shape index (κ3) is 2.39. The van der Waals surface area contributed by atoms with Gasteiger partial charge in [0.2, 0.25) is 0 Å². The molecule has 0 atom stereocenters. The summed E-state index contributed by atoms with van der Waals surface area (Å²) in [5, 5.41) is 16.7. The van der Waals surface area contributed by atoms with Crippen LogP contribution in [0.2, 0.25) is 0 Å². The minimum atomic E-state index is 0.600. The summed E-state index contributed by atoms with van der Waals surface area (Å²) in [7, 11) is 0. The van der Waals surface area contributed by atoms with Crippen LogP contribution in [0.5, 0.6) is 11.5 Å². The molecule has 3 rings (SSSR count). The summed E-state index contributed by atoms with van der Waals surface area (Å²) >= 11 is 1.57. The lowest BCUT2D eigenvalue weighted by Crippen LogP contribution is -1.85. The maximum atomic E-state index is 8.77. The summed E-state index contributed by atoms with van der Waals surface area (Å²) in [5.41, 5.74) is 1.41. The molecule has 1 aromatic carbocycles. The fraction of sp³-hybridized carbons (Fsp3) is 0.0714. The highest BCUT2D eigenvalue weighted by Crippen LogP contribution is 2.34. The maximum absolute atomic E-state index is 8.77. The van der Waals surface area contributed by atoms with Gasteiger partial charge in [0.05, 0.1) is 27.7 Å². The van der Waals surface area contributed by atoms with Crippen LogP contribution < -0.4 is 4.74 Å². The molecule has 0 aliphatic heterocycles. The van der Waals surface area contributed by atoms with Crippen molar-refractivity contribution in [1.29, 1.82) is 5.26 Å². The molecule has 6 heteroatoms. The second kappa shape index (κ2) is 5.15. The van der Waals surface area contributed by atoms with Crippen molar-refractivity contribution in [1.82, 2.24) is 15.2 Å². The number of H-pyrrole nitrogens is 1. The molecule has 20 heavy (non-hydrogen) atoms. The lowest BCUT2D eigenvalue weighted by atomic mass is 10.2. The van der Waals surface area contributed by atoms with Crippen molar-refractivity contribution in [2.45, 2.75) is 6.92 Å². The van der Waals surface area contributed by atoms with Gasteiger partial charge in [-0.3, -0.25) is 5.10 Å². The normalized spacial score (nSPS) is 10.2. The number of thiazole rings is 1. The number of hydrogen-bond donors (Lipinski definition) is 1. The summed E-state index contributed by atoms with van der Waals surface area (Å²) in [5.74, 6) is 1.30. The molecule has 0 saturated carbocycles. The van der Waals surface area contributed by atoms with Gasteiger partial charge in [-0.15, -0.1) is 11.3 Å². The predicted molar refractivity (Wildman–Crippen MR) is 75.7 cm³/mol. The van der Waals surface area contributed by atoms with E-state index in [1.54, 1.807) is 48.0 Å². The molecular weight excluding hydrogens is 272 g/mol. The van der Waals surface area contributed by atoms with E-state index in [1.165, 1.54) is 0 Å². The number of benzene rings is 1. The Morgan fingerprint density at radius 2 is 2.05 bits per heavy atom. The van der Waals surface area contributed by atoms with Crippen molar-refractivity contribution in [3.8, 4) is 28.1 Å². The highest BCUT2D eigenvalue weighted by atomic mass is 32.1. The molecule has 0 bridgehead atoms. The van der Waals surface area contributed by atoms with Crippen molar-refractivity contribution < 1.29 is 4.74 Å². The standard InChI is InChI=1S/C14H10N4OS/c1-9-16-8-13(20-9)14-12(7-17-18-14)19-11-4-2-10(6-15)3-5-11/h2-5,7-8H,1H3,(H,17,18). The summed E-state index contributed by atoms with van der Waals surface area (Å²) in [6.07, 6.45) is 3.42. The van der Waals surface area contributed by atoms with E-state index in [-0.39, 0.29) is 0 Å². The number of nitrogens with zero attached hydrogens (tertiary/aromatic N) is 3. The largest absolute Gasteiger partial charge is 0.453 e. The van der Waals surface area contributed by atoms with E-state index in [2.05, 4.69) is 21.3 Å². The third-order valence-corrected chi connectivity index (χ3v) is 3.61. The Kier molecular flexibility index (Phi) is 3.19. The van der Waals surface area contributed by atoms with Crippen LogP contribution in [0.15, 0.2) is 36.7 Å². The summed E-state index contributed by atoms with van der Waals surface area (Å²) in [4.78, 5) is 5.20. The molecule has 0 radical (unpaired) electrons. The second-order valence-electron chi connectivity index (χ2n) is 4.09. The average Bonchev–Trinajstić information content (AvgIpc) is 3.08. The predicted octanol–water partition coefficient (Wildman–Crippen LogP) is 3.51. The zero-order valence-electron chi connectivity index (χ0n) is 10.6. The van der Waals surface area contributed by atoms with Crippen molar-refractivity contribution in [3.05, 3.63) is 47.2 Å². The van der Waals surface area contributed by atoms with Crippen LogP contribution in [-0.2, 0) is 0 Å². The van der Waals surface area contributed by atoms with E-state index in [4.69, 9.17) is 10.00 Å². The lowest BCUT2D eigenvalue weighted by molar-refractivity contribution is 0.485. The number of nitrogens with one attached hydrogen (secondary N) is 1. The molecule has 98 valence electrons. The van der Waals surface area contributed by atoms with E-state index < -0.39 is 0 Å². The minimum Gasteiger partial charge on any atom is -0.453 e. The smallest absolute Gasteiger partial charge is 0.173 e. The van der Waals surface area contributed by atoms with Crippen LogP contribution in [-0.4, -0.2) is 15.2 Å². The van der Waals surface area contributed by atoms with Gasteiger partial charge in [-0.2, -0.15) is 10.4 Å². The number of ether oxygens (including phenoxy) is 1. The number of hydrogen-bond acceptors (Lipinski definition) is 5. The van der Waals surface area contributed by atoms with Crippen LogP contribution in [0.4, 0.5) is 0 Å². The van der Waals surface area contributed by atoms with Crippen molar-refractivity contribution >= 4 is 11.3 Å². The van der Waals surface area contributed by atoms with E-state index in [9.17, 15) is 0 Å². The molecule has 0 aliphatic rings. The van der Waals surface area contributed by atoms with Gasteiger partial charge < -0.3 is 4.74 Å². The van der Waals surface area contributed by atoms with E-state index in [0.29, 0.717) is 17.1 Å². The Morgan fingerprint density at radius 1 is 1.25 bits per heavy atom. The molecule has 5 nitrogen and oxygen atoms in total. The van der Waals surface area contributed by atoms with E-state index in [1.807, 2.05) is 6.92 Å². The van der Waals surface area contributed by atoms with Gasteiger partial charge >= 0.3 is 0 Å². The molecule has 0 saturated heterocycles. The van der Waals surface area contributed by atoms with Crippen LogP contribution in [0.1, 0.15) is 10.6 Å². The summed E-state index contributed by atoms with van der Waals surface area (Å²) < 4.78 is 5.79. The maximum Gasteiger partial charge on any atom is 0.173 e. The van der Waals surface area contributed by atoms with Crippen molar-refractivity contribution in [2.75, 3.05) is 0 Å². The third-order valence-electron chi connectivity index (χ3n) is 2.68. The van der Waals surface area contributed by atoms with Crippen molar-refractivity contribution in [3.63, 3.8) is 0 Å². The van der Waals surface area contributed by atoms with Gasteiger partial charge in [-0.05, 0) is 31.2 Å². The highest BCUT2D eigenvalue weighted by molar-refractivity contribution is 7.15. The molecule has 0 aliphatic carbocycles. The first-order valence-electron chi connectivity index (χ1n) is 5.90. The SMILES string of the molecule is Cc1ncc(-c2[nH]ncc2Oc2ccc(C#N)cc2)s1. The molecule has 2 heterocycles. The molecule has 0 spiro atoms. The summed E-state index contributed by atoms with van der Waals surface area (Å²) in [6.45, 7) is 1.95. The topological polar surface area (TPSA) is 74.6 Å². The molecule has 0 fully saturated rings. The van der Waals surface area contributed by atoms with Crippen LogP contribution in [0.3, 0.4) is 0 Å². The van der Waals surface area contributed by atoms with Gasteiger partial charge in [0, 0.05) is 6.20 Å². The van der Waals surface area contributed by atoms with Crippen LogP contribution in [0, 0.1) is 18.3 Å². The Morgan fingerprint density at radius 3 is 2.70 bits per heavy atom. The molecule has 0 unspecified atom stereocenters. The molecule has 0 amide bonds. The fourth-order valence-corrected chi connectivity index (χ4v) is 2.51. The fourth-order valence-electron chi connectivity index (χ4n) is 1.73. The number of aromatic amines is 1. The van der Waals surface area contributed by atoms with E-state index >= 15 is 0 Å². The zero-order chi connectivity index (χ0) is 13.9. The second-order valence-corrected chi connectivity index (χ2v) is 5.33.